The molecule has 0 fully saturated rings. The summed E-state index contributed by atoms with van der Waals surface area (Å²) in [7, 11) is 3.18. The Balaban J connectivity index is 1.89. The monoisotopic (exact) mass is 396 g/mol. The average molecular weight is 396 g/mol. The molecule has 1 heterocycles. The molecule has 3 rings (SSSR count). The molecular weight excluding hydrogens is 372 g/mol. The predicted octanol–water partition coefficient (Wildman–Crippen LogP) is 4.02. The zero-order valence-corrected chi connectivity index (χ0v) is 16.9. The lowest BCUT2D eigenvalue weighted by Gasteiger charge is -2.09. The molecule has 29 heavy (non-hydrogen) atoms. The fourth-order valence-corrected chi connectivity index (χ4v) is 3.13. The number of aromatic nitrogens is 2. The molecule has 0 saturated carbocycles. The summed E-state index contributed by atoms with van der Waals surface area (Å²) in [6, 6.07) is 10.7. The summed E-state index contributed by atoms with van der Waals surface area (Å²) in [4.78, 5) is 32.2. The minimum Gasteiger partial charge on any atom is -0.497 e. The maximum absolute atomic E-state index is 12.7. The van der Waals surface area contributed by atoms with Crippen LogP contribution in [0.25, 0.3) is 22.4 Å². The van der Waals surface area contributed by atoms with Crippen LogP contribution in [0.5, 0.6) is 11.5 Å². The van der Waals surface area contributed by atoms with Gasteiger partial charge in [0.2, 0.25) is 0 Å². The third-order valence-corrected chi connectivity index (χ3v) is 4.66. The maximum atomic E-state index is 12.7. The molecular formula is C22H24N2O5. The number of aromatic amines is 1. The number of carbonyl (C=O) groups excluding carboxylic acids is 2. The van der Waals surface area contributed by atoms with E-state index in [0.29, 0.717) is 29.5 Å². The second-order valence-corrected chi connectivity index (χ2v) is 6.66. The van der Waals surface area contributed by atoms with Gasteiger partial charge in [0.15, 0.2) is 5.78 Å². The summed E-state index contributed by atoms with van der Waals surface area (Å²) in [6.45, 7) is 3.77. The SMILES string of the molecule is CCOC(=O)CC(C)C(=O)c1ccc2nc(-c3ccc(OC)cc3OC)[nH]c2c1. The van der Waals surface area contributed by atoms with Crippen LogP contribution in [0.4, 0.5) is 0 Å². The number of methoxy groups -OCH3 is 2. The summed E-state index contributed by atoms with van der Waals surface area (Å²) in [5.41, 5.74) is 2.76. The number of carbonyl (C=O) groups is 2. The number of nitrogens with one attached hydrogen (secondary N) is 1. The van der Waals surface area contributed by atoms with Crippen molar-refractivity contribution in [3.63, 3.8) is 0 Å². The first-order chi connectivity index (χ1) is 14.0. The zero-order valence-electron chi connectivity index (χ0n) is 16.9. The first-order valence-corrected chi connectivity index (χ1v) is 9.38. The van der Waals surface area contributed by atoms with Crippen LogP contribution in [0, 0.1) is 5.92 Å². The lowest BCUT2D eigenvalue weighted by atomic mass is 9.96. The molecule has 2 aromatic carbocycles. The lowest BCUT2D eigenvalue weighted by Crippen LogP contribution is -2.17. The van der Waals surface area contributed by atoms with E-state index in [2.05, 4.69) is 9.97 Å². The molecule has 3 aromatic rings. The maximum Gasteiger partial charge on any atom is 0.306 e. The highest BCUT2D eigenvalue weighted by atomic mass is 16.5. The van der Waals surface area contributed by atoms with E-state index in [0.717, 1.165) is 16.6 Å². The number of hydrogen-bond donors (Lipinski definition) is 1. The molecule has 0 aliphatic heterocycles. The minimum atomic E-state index is -0.462. The standard InChI is InChI=1S/C22H24N2O5/c1-5-29-20(25)10-13(2)21(26)14-6-9-17-18(11-14)24-22(23-17)16-8-7-15(27-3)12-19(16)28-4/h6-9,11-13H,5,10H2,1-4H3,(H,23,24). The number of Topliss-reactive ketones (excluding diaryl/α,β-unsaturated/α-hetero) is 1. The second-order valence-electron chi connectivity index (χ2n) is 6.66. The number of imidazole rings is 1. The first-order valence-electron chi connectivity index (χ1n) is 9.38. The van der Waals surface area contributed by atoms with Crippen molar-refractivity contribution < 1.29 is 23.8 Å². The Bertz CT molecular complexity index is 1040. The van der Waals surface area contributed by atoms with Crippen LogP contribution in [-0.2, 0) is 9.53 Å². The Morgan fingerprint density at radius 1 is 1.10 bits per heavy atom. The minimum absolute atomic E-state index is 0.0575. The molecule has 0 aliphatic carbocycles. The zero-order chi connectivity index (χ0) is 21.0. The van der Waals surface area contributed by atoms with Gasteiger partial charge in [-0.1, -0.05) is 6.92 Å². The van der Waals surface area contributed by atoms with E-state index in [9.17, 15) is 9.59 Å². The van der Waals surface area contributed by atoms with E-state index < -0.39 is 5.92 Å². The van der Waals surface area contributed by atoms with Gasteiger partial charge in [0, 0.05) is 17.5 Å². The Kier molecular flexibility index (Phi) is 6.16. The van der Waals surface area contributed by atoms with E-state index in [1.807, 2.05) is 12.1 Å². The highest BCUT2D eigenvalue weighted by molar-refractivity contribution is 6.01. The van der Waals surface area contributed by atoms with Crippen LogP contribution in [0.1, 0.15) is 30.6 Å². The molecule has 0 aliphatic rings. The summed E-state index contributed by atoms with van der Waals surface area (Å²) < 4.78 is 15.6. The second kappa shape index (κ2) is 8.77. The fraction of sp³-hybridized carbons (Fsp3) is 0.318. The molecule has 0 saturated heterocycles. The predicted molar refractivity (Wildman–Crippen MR) is 109 cm³/mol. The number of rotatable bonds is 8. The van der Waals surface area contributed by atoms with Crippen molar-refractivity contribution >= 4 is 22.8 Å². The number of ketones is 1. The Morgan fingerprint density at radius 3 is 2.59 bits per heavy atom. The van der Waals surface area contributed by atoms with Crippen molar-refractivity contribution in [2.75, 3.05) is 20.8 Å². The van der Waals surface area contributed by atoms with Crippen LogP contribution >= 0.6 is 0 Å². The van der Waals surface area contributed by atoms with Crippen LogP contribution in [0.15, 0.2) is 36.4 Å². The van der Waals surface area contributed by atoms with Crippen LogP contribution in [-0.4, -0.2) is 42.5 Å². The van der Waals surface area contributed by atoms with Crippen molar-refractivity contribution in [3.05, 3.63) is 42.0 Å². The summed E-state index contributed by atoms with van der Waals surface area (Å²) >= 11 is 0. The normalized spacial score (nSPS) is 11.9. The summed E-state index contributed by atoms with van der Waals surface area (Å²) in [6.07, 6.45) is 0.0575. The molecule has 1 N–H and O–H groups in total. The smallest absolute Gasteiger partial charge is 0.306 e. The highest BCUT2D eigenvalue weighted by Crippen LogP contribution is 2.33. The Hall–Kier alpha value is -3.35. The largest absolute Gasteiger partial charge is 0.497 e. The van der Waals surface area contributed by atoms with Gasteiger partial charge >= 0.3 is 5.97 Å². The molecule has 152 valence electrons. The van der Waals surface area contributed by atoms with Crippen molar-refractivity contribution in [1.82, 2.24) is 9.97 Å². The van der Waals surface area contributed by atoms with E-state index in [4.69, 9.17) is 14.2 Å². The topological polar surface area (TPSA) is 90.5 Å². The van der Waals surface area contributed by atoms with Gasteiger partial charge in [-0.25, -0.2) is 4.98 Å². The van der Waals surface area contributed by atoms with Crippen molar-refractivity contribution in [1.29, 1.82) is 0 Å². The number of nitrogens with zero attached hydrogens (tertiary/aromatic N) is 1. The molecule has 1 atom stereocenters. The number of esters is 1. The van der Waals surface area contributed by atoms with Gasteiger partial charge in [0.25, 0.3) is 0 Å². The summed E-state index contributed by atoms with van der Waals surface area (Å²) in [5.74, 6) is 0.996. The quantitative estimate of drug-likeness (QED) is 0.457. The molecule has 7 nitrogen and oxygen atoms in total. The van der Waals surface area contributed by atoms with E-state index in [1.165, 1.54) is 0 Å². The molecule has 7 heteroatoms. The number of fused-ring (bicyclic) bond motifs is 1. The number of H-pyrrole nitrogens is 1. The average Bonchev–Trinajstić information content (AvgIpc) is 3.15. The van der Waals surface area contributed by atoms with Crippen LogP contribution in [0.2, 0.25) is 0 Å². The van der Waals surface area contributed by atoms with Gasteiger partial charge in [0.1, 0.15) is 17.3 Å². The molecule has 0 amide bonds. The summed E-state index contributed by atoms with van der Waals surface area (Å²) in [5, 5.41) is 0. The van der Waals surface area contributed by atoms with Crippen molar-refractivity contribution in [3.8, 4) is 22.9 Å². The molecule has 0 radical (unpaired) electrons. The molecule has 1 aromatic heterocycles. The van der Waals surface area contributed by atoms with Crippen LogP contribution < -0.4 is 9.47 Å². The lowest BCUT2D eigenvalue weighted by molar-refractivity contribution is -0.143. The fourth-order valence-electron chi connectivity index (χ4n) is 3.13. The van der Waals surface area contributed by atoms with Gasteiger partial charge in [0.05, 0.1) is 43.8 Å². The van der Waals surface area contributed by atoms with Gasteiger partial charge in [-0.2, -0.15) is 0 Å². The van der Waals surface area contributed by atoms with E-state index in [-0.39, 0.29) is 18.2 Å². The van der Waals surface area contributed by atoms with Crippen molar-refractivity contribution in [2.45, 2.75) is 20.3 Å². The highest BCUT2D eigenvalue weighted by Gasteiger charge is 2.20. The molecule has 0 bridgehead atoms. The molecule has 1 unspecified atom stereocenters. The van der Waals surface area contributed by atoms with Gasteiger partial charge in [-0.3, -0.25) is 9.59 Å². The number of ether oxygens (including phenoxy) is 3. The Labute approximate surface area is 169 Å². The third kappa shape index (κ3) is 4.39. The van der Waals surface area contributed by atoms with Gasteiger partial charge in [-0.05, 0) is 37.3 Å². The van der Waals surface area contributed by atoms with Gasteiger partial charge < -0.3 is 19.2 Å². The van der Waals surface area contributed by atoms with Crippen molar-refractivity contribution in [2.24, 2.45) is 5.92 Å². The number of hydrogen-bond acceptors (Lipinski definition) is 6. The first kappa shape index (κ1) is 20.4. The van der Waals surface area contributed by atoms with E-state index >= 15 is 0 Å². The van der Waals surface area contributed by atoms with Crippen LogP contribution in [0.3, 0.4) is 0 Å². The van der Waals surface area contributed by atoms with E-state index in [1.54, 1.807) is 52.3 Å². The molecule has 0 spiro atoms. The number of benzene rings is 2. The Morgan fingerprint density at radius 2 is 1.90 bits per heavy atom. The van der Waals surface area contributed by atoms with Gasteiger partial charge in [-0.15, -0.1) is 0 Å². The third-order valence-electron chi connectivity index (χ3n) is 4.66.